The Morgan fingerprint density at radius 3 is 2.77 bits per heavy atom. The third-order valence-electron chi connectivity index (χ3n) is 3.99. The largest absolute Gasteiger partial charge is 0.454 e. The van der Waals surface area contributed by atoms with Crippen LogP contribution in [0, 0.1) is 0 Å². The molecule has 8 nitrogen and oxygen atoms in total. The normalized spacial score (nSPS) is 14.3. The van der Waals surface area contributed by atoms with Crippen molar-refractivity contribution in [3.8, 4) is 0 Å². The number of anilines is 1. The SMILES string of the molecule is CNC(=O)c1cccc(NC(=O)COC(=O)CN2CCCCCC2=O)c1. The predicted octanol–water partition coefficient (Wildman–Crippen LogP) is 0.930. The van der Waals surface area contributed by atoms with E-state index < -0.39 is 18.5 Å². The predicted molar refractivity (Wildman–Crippen MR) is 94.5 cm³/mol. The van der Waals surface area contributed by atoms with Gasteiger partial charge in [0.05, 0.1) is 0 Å². The van der Waals surface area contributed by atoms with Gasteiger partial charge < -0.3 is 20.3 Å². The zero-order valence-corrected chi connectivity index (χ0v) is 14.7. The van der Waals surface area contributed by atoms with E-state index in [-0.39, 0.29) is 18.4 Å². The summed E-state index contributed by atoms with van der Waals surface area (Å²) in [4.78, 5) is 48.7. The Bertz CT molecular complexity index is 689. The van der Waals surface area contributed by atoms with Crippen molar-refractivity contribution in [3.63, 3.8) is 0 Å². The van der Waals surface area contributed by atoms with Crippen molar-refractivity contribution in [2.24, 2.45) is 0 Å². The highest BCUT2D eigenvalue weighted by molar-refractivity contribution is 5.97. The summed E-state index contributed by atoms with van der Waals surface area (Å²) in [5.74, 6) is -1.46. The van der Waals surface area contributed by atoms with E-state index in [2.05, 4.69) is 10.6 Å². The fourth-order valence-electron chi connectivity index (χ4n) is 2.63. The Morgan fingerprint density at radius 1 is 1.19 bits per heavy atom. The molecule has 1 aromatic rings. The number of likely N-dealkylation sites (tertiary alicyclic amines) is 1. The Balaban J connectivity index is 1.80. The first-order valence-corrected chi connectivity index (χ1v) is 8.55. The third kappa shape index (κ3) is 5.87. The summed E-state index contributed by atoms with van der Waals surface area (Å²) in [6, 6.07) is 6.40. The molecule has 1 saturated heterocycles. The van der Waals surface area contributed by atoms with E-state index in [1.165, 1.54) is 18.0 Å². The monoisotopic (exact) mass is 361 g/mol. The van der Waals surface area contributed by atoms with Crippen LogP contribution in [0.2, 0.25) is 0 Å². The minimum Gasteiger partial charge on any atom is -0.454 e. The first-order chi connectivity index (χ1) is 12.5. The summed E-state index contributed by atoms with van der Waals surface area (Å²) in [5, 5.41) is 5.06. The van der Waals surface area contributed by atoms with Gasteiger partial charge in [0.15, 0.2) is 6.61 Å². The van der Waals surface area contributed by atoms with Crippen LogP contribution in [-0.2, 0) is 19.1 Å². The lowest BCUT2D eigenvalue weighted by Crippen LogP contribution is -2.36. The standard InChI is InChI=1S/C18H23N3O5/c1-19-18(25)13-6-5-7-14(10-13)20-15(22)12-26-17(24)11-21-9-4-2-3-8-16(21)23/h5-7,10H,2-4,8-9,11-12H2,1H3,(H,19,25)(H,20,22). The van der Waals surface area contributed by atoms with Gasteiger partial charge in [0.25, 0.3) is 11.8 Å². The molecule has 1 heterocycles. The molecule has 2 rings (SSSR count). The molecule has 0 bridgehead atoms. The van der Waals surface area contributed by atoms with Gasteiger partial charge in [-0.2, -0.15) is 0 Å². The molecule has 140 valence electrons. The van der Waals surface area contributed by atoms with Gasteiger partial charge in [-0.3, -0.25) is 19.2 Å². The van der Waals surface area contributed by atoms with E-state index in [4.69, 9.17) is 4.74 Å². The molecule has 2 N–H and O–H groups in total. The van der Waals surface area contributed by atoms with Crippen LogP contribution < -0.4 is 10.6 Å². The van der Waals surface area contributed by atoms with E-state index in [0.29, 0.717) is 24.2 Å². The number of amides is 3. The Morgan fingerprint density at radius 2 is 2.00 bits per heavy atom. The maximum Gasteiger partial charge on any atom is 0.326 e. The number of hydrogen-bond acceptors (Lipinski definition) is 5. The van der Waals surface area contributed by atoms with Crippen LogP contribution in [0.15, 0.2) is 24.3 Å². The molecule has 1 aromatic carbocycles. The Kier molecular flexibility index (Phi) is 7.13. The zero-order valence-electron chi connectivity index (χ0n) is 14.7. The first-order valence-electron chi connectivity index (χ1n) is 8.55. The molecule has 26 heavy (non-hydrogen) atoms. The van der Waals surface area contributed by atoms with E-state index in [1.54, 1.807) is 18.2 Å². The average Bonchev–Trinajstić information content (AvgIpc) is 2.84. The number of nitrogens with one attached hydrogen (secondary N) is 2. The summed E-state index contributed by atoms with van der Waals surface area (Å²) in [6.07, 6.45) is 3.10. The maximum atomic E-state index is 11.9. The second-order valence-corrected chi connectivity index (χ2v) is 5.99. The second kappa shape index (κ2) is 9.55. The molecule has 0 radical (unpaired) electrons. The molecular formula is C18H23N3O5. The second-order valence-electron chi connectivity index (χ2n) is 5.99. The smallest absolute Gasteiger partial charge is 0.326 e. The molecule has 3 amide bonds. The highest BCUT2D eigenvalue weighted by Crippen LogP contribution is 2.12. The van der Waals surface area contributed by atoms with Crippen LogP contribution in [0.1, 0.15) is 36.0 Å². The number of esters is 1. The number of carbonyl (C=O) groups is 4. The van der Waals surface area contributed by atoms with Gasteiger partial charge in [-0.25, -0.2) is 0 Å². The van der Waals surface area contributed by atoms with Gasteiger partial charge in [0, 0.05) is 31.3 Å². The zero-order chi connectivity index (χ0) is 18.9. The van der Waals surface area contributed by atoms with E-state index >= 15 is 0 Å². The molecule has 0 spiro atoms. The highest BCUT2D eigenvalue weighted by atomic mass is 16.5. The van der Waals surface area contributed by atoms with Gasteiger partial charge in [0.1, 0.15) is 6.54 Å². The van der Waals surface area contributed by atoms with Crippen LogP contribution in [0.3, 0.4) is 0 Å². The van der Waals surface area contributed by atoms with Gasteiger partial charge in [0.2, 0.25) is 5.91 Å². The molecule has 1 fully saturated rings. The molecule has 0 unspecified atom stereocenters. The first kappa shape index (κ1) is 19.4. The average molecular weight is 361 g/mol. The van der Waals surface area contributed by atoms with Crippen molar-refractivity contribution in [2.45, 2.75) is 25.7 Å². The number of carbonyl (C=O) groups excluding carboxylic acids is 4. The number of nitrogens with zero attached hydrogens (tertiary/aromatic N) is 1. The van der Waals surface area contributed by atoms with Crippen molar-refractivity contribution in [2.75, 3.05) is 32.1 Å². The number of ether oxygens (including phenoxy) is 1. The van der Waals surface area contributed by atoms with Gasteiger partial charge >= 0.3 is 5.97 Å². The fourth-order valence-corrected chi connectivity index (χ4v) is 2.63. The lowest BCUT2D eigenvalue weighted by atomic mass is 10.2. The van der Waals surface area contributed by atoms with Crippen LogP contribution in [0.4, 0.5) is 5.69 Å². The summed E-state index contributed by atoms with van der Waals surface area (Å²) >= 11 is 0. The molecule has 1 aliphatic heterocycles. The van der Waals surface area contributed by atoms with E-state index in [0.717, 1.165) is 19.3 Å². The third-order valence-corrected chi connectivity index (χ3v) is 3.99. The van der Waals surface area contributed by atoms with Crippen LogP contribution in [-0.4, -0.2) is 55.3 Å². The van der Waals surface area contributed by atoms with Crippen LogP contribution in [0.25, 0.3) is 0 Å². The lowest BCUT2D eigenvalue weighted by Gasteiger charge is -2.19. The molecule has 0 aromatic heterocycles. The van der Waals surface area contributed by atoms with Crippen LogP contribution in [0.5, 0.6) is 0 Å². The molecular weight excluding hydrogens is 338 g/mol. The van der Waals surface area contributed by atoms with Crippen molar-refractivity contribution in [1.29, 1.82) is 0 Å². The van der Waals surface area contributed by atoms with Crippen molar-refractivity contribution >= 4 is 29.4 Å². The van der Waals surface area contributed by atoms with Gasteiger partial charge in [-0.1, -0.05) is 12.5 Å². The quantitative estimate of drug-likeness (QED) is 0.734. The Hall–Kier alpha value is -2.90. The van der Waals surface area contributed by atoms with Crippen molar-refractivity contribution < 1.29 is 23.9 Å². The van der Waals surface area contributed by atoms with Crippen LogP contribution >= 0.6 is 0 Å². The summed E-state index contributed by atoms with van der Waals surface area (Å²) in [6.45, 7) is -0.0598. The molecule has 0 aliphatic carbocycles. The van der Waals surface area contributed by atoms with E-state index in [1.807, 2.05) is 0 Å². The minimum atomic E-state index is -0.616. The van der Waals surface area contributed by atoms with Crippen molar-refractivity contribution in [3.05, 3.63) is 29.8 Å². The fraction of sp³-hybridized carbons (Fsp3) is 0.444. The molecule has 1 aliphatic rings. The maximum absolute atomic E-state index is 11.9. The molecule has 8 heteroatoms. The number of rotatable bonds is 6. The summed E-state index contributed by atoms with van der Waals surface area (Å²) in [5.41, 5.74) is 0.830. The molecule has 0 saturated carbocycles. The minimum absolute atomic E-state index is 0.0603. The number of benzene rings is 1. The summed E-state index contributed by atoms with van der Waals surface area (Å²) in [7, 11) is 1.52. The number of hydrogen-bond donors (Lipinski definition) is 2. The molecule has 0 atom stereocenters. The highest BCUT2D eigenvalue weighted by Gasteiger charge is 2.20. The van der Waals surface area contributed by atoms with Crippen molar-refractivity contribution in [1.82, 2.24) is 10.2 Å². The topological polar surface area (TPSA) is 105 Å². The lowest BCUT2D eigenvalue weighted by molar-refractivity contribution is -0.151. The Labute approximate surface area is 151 Å². The summed E-state index contributed by atoms with van der Waals surface area (Å²) < 4.78 is 4.94. The van der Waals surface area contributed by atoms with Gasteiger partial charge in [-0.05, 0) is 31.0 Å². The van der Waals surface area contributed by atoms with E-state index in [9.17, 15) is 19.2 Å². The van der Waals surface area contributed by atoms with Gasteiger partial charge in [-0.15, -0.1) is 0 Å².